The summed E-state index contributed by atoms with van der Waals surface area (Å²) in [5.41, 5.74) is 1.41. The highest BCUT2D eigenvalue weighted by Gasteiger charge is 2.21. The third-order valence-electron chi connectivity index (χ3n) is 3.63. The van der Waals surface area contributed by atoms with E-state index in [0.717, 1.165) is 5.56 Å². The number of carbonyl (C=O) groups is 1. The van der Waals surface area contributed by atoms with Crippen molar-refractivity contribution >= 4 is 12.0 Å². The van der Waals surface area contributed by atoms with Crippen LogP contribution in [0.4, 0.5) is 0 Å². The van der Waals surface area contributed by atoms with Gasteiger partial charge in [0.15, 0.2) is 23.0 Å². The fourth-order valence-electron chi connectivity index (χ4n) is 2.34. The zero-order chi connectivity index (χ0) is 18.4. The number of aromatic hydroxyl groups is 1. The second-order valence-electron chi connectivity index (χ2n) is 5.25. The van der Waals surface area contributed by atoms with Crippen LogP contribution >= 0.6 is 0 Å². The summed E-state index contributed by atoms with van der Waals surface area (Å²) in [7, 11) is 2.92. The van der Waals surface area contributed by atoms with E-state index in [9.17, 15) is 15.0 Å². The SMILES string of the molecule is C=Cc1ccc(OC(CC(=O)O)c2ccc(O)c(OC)c2)c(OC)c1. The van der Waals surface area contributed by atoms with Gasteiger partial charge in [-0.2, -0.15) is 0 Å². The van der Waals surface area contributed by atoms with Crippen molar-refractivity contribution in [1.82, 2.24) is 0 Å². The van der Waals surface area contributed by atoms with E-state index < -0.39 is 12.1 Å². The van der Waals surface area contributed by atoms with E-state index in [-0.39, 0.29) is 17.9 Å². The molecule has 0 aliphatic rings. The van der Waals surface area contributed by atoms with E-state index in [0.29, 0.717) is 17.1 Å². The molecule has 1 atom stereocenters. The van der Waals surface area contributed by atoms with Gasteiger partial charge in [0.05, 0.1) is 20.6 Å². The highest BCUT2D eigenvalue weighted by atomic mass is 16.5. The molecule has 0 saturated heterocycles. The number of phenolic OH excluding ortho intramolecular Hbond substituents is 1. The lowest BCUT2D eigenvalue weighted by Crippen LogP contribution is -2.13. The average molecular weight is 344 g/mol. The van der Waals surface area contributed by atoms with Gasteiger partial charge in [-0.3, -0.25) is 4.79 Å². The molecular formula is C19H20O6. The summed E-state index contributed by atoms with van der Waals surface area (Å²) in [6, 6.07) is 9.81. The third-order valence-corrected chi connectivity index (χ3v) is 3.63. The van der Waals surface area contributed by atoms with E-state index >= 15 is 0 Å². The third kappa shape index (κ3) is 4.44. The molecular weight excluding hydrogens is 324 g/mol. The molecule has 0 aliphatic heterocycles. The molecule has 0 heterocycles. The topological polar surface area (TPSA) is 85.2 Å². The minimum absolute atomic E-state index is 0.0340. The Balaban J connectivity index is 2.39. The van der Waals surface area contributed by atoms with Gasteiger partial charge in [0.1, 0.15) is 6.10 Å². The number of methoxy groups -OCH3 is 2. The number of ether oxygens (including phenoxy) is 3. The quantitative estimate of drug-likeness (QED) is 0.760. The summed E-state index contributed by atoms with van der Waals surface area (Å²) in [4.78, 5) is 11.2. The lowest BCUT2D eigenvalue weighted by Gasteiger charge is -2.20. The van der Waals surface area contributed by atoms with Crippen LogP contribution in [0.2, 0.25) is 0 Å². The molecule has 0 aromatic heterocycles. The van der Waals surface area contributed by atoms with Gasteiger partial charge < -0.3 is 24.4 Å². The van der Waals surface area contributed by atoms with Crippen molar-refractivity contribution < 1.29 is 29.2 Å². The van der Waals surface area contributed by atoms with E-state index in [1.807, 2.05) is 0 Å². The predicted octanol–water partition coefficient (Wildman–Crippen LogP) is 3.65. The maximum atomic E-state index is 11.2. The van der Waals surface area contributed by atoms with Crippen molar-refractivity contribution in [3.63, 3.8) is 0 Å². The second-order valence-corrected chi connectivity index (χ2v) is 5.25. The molecule has 6 heteroatoms. The summed E-state index contributed by atoms with van der Waals surface area (Å²) in [5, 5.41) is 18.9. The van der Waals surface area contributed by atoms with Crippen LogP contribution in [0, 0.1) is 0 Å². The molecule has 0 radical (unpaired) electrons. The Morgan fingerprint density at radius 1 is 1.12 bits per heavy atom. The average Bonchev–Trinajstić information content (AvgIpc) is 2.61. The van der Waals surface area contributed by atoms with Crippen molar-refractivity contribution in [2.24, 2.45) is 0 Å². The number of hydrogen-bond donors (Lipinski definition) is 2. The van der Waals surface area contributed by atoms with E-state index in [1.54, 1.807) is 36.4 Å². The Bertz CT molecular complexity index is 769. The molecule has 1 unspecified atom stereocenters. The number of carboxylic acid groups (broad SMARTS) is 1. The summed E-state index contributed by atoms with van der Waals surface area (Å²) in [6.07, 6.45) is 0.627. The van der Waals surface area contributed by atoms with Crippen molar-refractivity contribution in [2.75, 3.05) is 14.2 Å². The molecule has 0 fully saturated rings. The molecule has 0 amide bonds. The lowest BCUT2D eigenvalue weighted by molar-refractivity contribution is -0.138. The molecule has 0 spiro atoms. The molecule has 0 bridgehead atoms. The first-order chi connectivity index (χ1) is 12.0. The van der Waals surface area contributed by atoms with Gasteiger partial charge in [0.2, 0.25) is 0 Å². The molecule has 2 rings (SSSR count). The smallest absolute Gasteiger partial charge is 0.307 e. The van der Waals surface area contributed by atoms with Gasteiger partial charge in [0, 0.05) is 0 Å². The van der Waals surface area contributed by atoms with Gasteiger partial charge in [0.25, 0.3) is 0 Å². The molecule has 2 aromatic rings. The Hall–Kier alpha value is -3.15. The normalized spacial score (nSPS) is 11.4. The number of benzene rings is 2. The minimum atomic E-state index is -1.02. The van der Waals surface area contributed by atoms with Crippen molar-refractivity contribution in [1.29, 1.82) is 0 Å². The number of aliphatic carboxylic acids is 1. The van der Waals surface area contributed by atoms with Crippen LogP contribution in [-0.2, 0) is 4.79 Å². The first kappa shape index (κ1) is 18.2. The number of phenols is 1. The van der Waals surface area contributed by atoms with Gasteiger partial charge in [-0.05, 0) is 35.4 Å². The van der Waals surface area contributed by atoms with Gasteiger partial charge >= 0.3 is 5.97 Å². The van der Waals surface area contributed by atoms with Crippen molar-refractivity contribution in [2.45, 2.75) is 12.5 Å². The first-order valence-corrected chi connectivity index (χ1v) is 7.54. The van der Waals surface area contributed by atoms with Crippen LogP contribution in [0.5, 0.6) is 23.0 Å². The van der Waals surface area contributed by atoms with Crippen LogP contribution in [-0.4, -0.2) is 30.4 Å². The number of rotatable bonds is 8. The van der Waals surface area contributed by atoms with Crippen molar-refractivity contribution in [3.8, 4) is 23.0 Å². The van der Waals surface area contributed by atoms with Crippen LogP contribution < -0.4 is 14.2 Å². The molecule has 2 N–H and O–H groups in total. The van der Waals surface area contributed by atoms with Crippen LogP contribution in [0.25, 0.3) is 6.08 Å². The van der Waals surface area contributed by atoms with Gasteiger partial charge in [-0.1, -0.05) is 24.8 Å². The lowest BCUT2D eigenvalue weighted by atomic mass is 10.1. The second kappa shape index (κ2) is 8.10. The Morgan fingerprint density at radius 2 is 1.84 bits per heavy atom. The molecule has 132 valence electrons. The maximum Gasteiger partial charge on any atom is 0.307 e. The minimum Gasteiger partial charge on any atom is -0.504 e. The van der Waals surface area contributed by atoms with Gasteiger partial charge in [-0.25, -0.2) is 0 Å². The summed E-state index contributed by atoms with van der Waals surface area (Å²) >= 11 is 0. The standard InChI is InChI=1S/C19H20O6/c1-4-12-5-8-15(18(9-12)24-3)25-16(11-19(21)22)13-6-7-14(20)17(10-13)23-2/h4-10,16,20H,1,11H2,2-3H3,(H,21,22). The highest BCUT2D eigenvalue weighted by molar-refractivity contribution is 5.68. The van der Waals surface area contributed by atoms with Crippen LogP contribution in [0.1, 0.15) is 23.7 Å². The summed E-state index contributed by atoms with van der Waals surface area (Å²) < 4.78 is 16.3. The molecule has 2 aromatic carbocycles. The fraction of sp³-hybridized carbons (Fsp3) is 0.211. The number of hydrogen-bond acceptors (Lipinski definition) is 5. The van der Waals surface area contributed by atoms with E-state index in [1.165, 1.54) is 20.3 Å². The largest absolute Gasteiger partial charge is 0.504 e. The fourth-order valence-corrected chi connectivity index (χ4v) is 2.34. The van der Waals surface area contributed by atoms with Gasteiger partial charge in [-0.15, -0.1) is 0 Å². The van der Waals surface area contributed by atoms with Crippen LogP contribution in [0.15, 0.2) is 43.0 Å². The molecule has 25 heavy (non-hydrogen) atoms. The predicted molar refractivity (Wildman–Crippen MR) is 93.4 cm³/mol. The Morgan fingerprint density at radius 3 is 2.44 bits per heavy atom. The van der Waals surface area contributed by atoms with E-state index in [4.69, 9.17) is 14.2 Å². The Kier molecular flexibility index (Phi) is 5.89. The van der Waals surface area contributed by atoms with Crippen molar-refractivity contribution in [3.05, 3.63) is 54.1 Å². The summed E-state index contributed by atoms with van der Waals surface area (Å²) in [6.45, 7) is 3.70. The molecule has 0 aliphatic carbocycles. The zero-order valence-electron chi connectivity index (χ0n) is 14.1. The first-order valence-electron chi connectivity index (χ1n) is 7.54. The highest BCUT2D eigenvalue weighted by Crippen LogP contribution is 2.36. The molecule has 0 saturated carbocycles. The maximum absolute atomic E-state index is 11.2. The Labute approximate surface area is 145 Å². The number of carboxylic acids is 1. The zero-order valence-corrected chi connectivity index (χ0v) is 14.1. The summed E-state index contributed by atoms with van der Waals surface area (Å²) in [5.74, 6) is 0.0716. The molecule has 6 nitrogen and oxygen atoms in total. The van der Waals surface area contributed by atoms with Crippen LogP contribution in [0.3, 0.4) is 0 Å². The monoisotopic (exact) mass is 344 g/mol. The van der Waals surface area contributed by atoms with E-state index in [2.05, 4.69) is 6.58 Å².